The van der Waals surface area contributed by atoms with Crippen molar-refractivity contribution in [2.24, 2.45) is 0 Å². The number of thioether (sulfide) groups is 2. The summed E-state index contributed by atoms with van der Waals surface area (Å²) in [6.07, 6.45) is 3.98. The second kappa shape index (κ2) is 21.8. The van der Waals surface area contributed by atoms with E-state index >= 15 is 0 Å². The zero-order chi connectivity index (χ0) is 45.8. The first-order valence-corrected chi connectivity index (χ1v) is 24.4. The quantitative estimate of drug-likeness (QED) is 0.0534. The van der Waals surface area contributed by atoms with Gasteiger partial charge >= 0.3 is 8.25 Å². The molecule has 0 N–H and O–H groups in total. The van der Waals surface area contributed by atoms with Gasteiger partial charge in [0.25, 0.3) is 0 Å². The normalized spacial score (nSPS) is 12.9. The van der Waals surface area contributed by atoms with Crippen LogP contribution in [0.1, 0.15) is 82.2 Å². The zero-order valence-electron chi connectivity index (χ0n) is 36.4. The smallest absolute Gasteiger partial charge is 0.288 e. The van der Waals surface area contributed by atoms with Crippen LogP contribution in [0.3, 0.4) is 0 Å². The number of nitrogens with zero attached hydrogens (tertiary/aromatic N) is 6. The molecule has 332 valence electrons. The molecule has 8 rings (SSSR count). The molecule has 14 heteroatoms. The molecule has 0 bridgehead atoms. The molecule has 11 nitrogen and oxygen atoms in total. The molecule has 2 heterocycles. The van der Waals surface area contributed by atoms with Crippen LogP contribution in [0, 0.1) is 0 Å². The molecule has 66 heavy (non-hydrogen) atoms. The van der Waals surface area contributed by atoms with Crippen LogP contribution in [0.4, 0.5) is 0 Å². The number of rotatable bonds is 20. The highest BCUT2D eigenvalue weighted by molar-refractivity contribution is 8.14. The highest BCUT2D eigenvalue weighted by Gasteiger charge is 2.42. The summed E-state index contributed by atoms with van der Waals surface area (Å²) >= 11 is 2.19. The van der Waals surface area contributed by atoms with Gasteiger partial charge in [-0.3, -0.25) is 9.59 Å². The van der Waals surface area contributed by atoms with Crippen molar-refractivity contribution in [2.45, 2.75) is 48.3 Å². The van der Waals surface area contributed by atoms with Crippen LogP contribution in [0.2, 0.25) is 0 Å². The average Bonchev–Trinajstić information content (AvgIpc) is 4.06. The van der Waals surface area contributed by atoms with E-state index in [-0.39, 0.29) is 36.3 Å². The Bertz CT molecular complexity index is 2430. The van der Waals surface area contributed by atoms with Crippen LogP contribution in [0.5, 0.6) is 0 Å². The standard InChI is InChI=1S/C52H48N6O5PS2/c1-39(59)65-47(49-53-37-57(55-49)51(41-21-9-3-10-22-41,42-23-11-4-12-24-42)43-25-13-5-14-26-43)33-35-62-64(61)63-36-34-48(66-40(2)60)50-54-38-58(56-50)52(44-27-15-6-16-28-44,45-29-17-7-18-30-45)46-31-19-8-20-32-46/h3-32,37-38,47-48H,33-36H2,1-2H3/q+1. The van der Waals surface area contributed by atoms with Crippen LogP contribution in [0.15, 0.2) is 195 Å². The van der Waals surface area contributed by atoms with Crippen LogP contribution in [-0.4, -0.2) is 53.0 Å². The number of carbonyl (C=O) groups is 2. The summed E-state index contributed by atoms with van der Waals surface area (Å²) in [4.78, 5) is 34.8. The van der Waals surface area contributed by atoms with E-state index in [4.69, 9.17) is 29.2 Å². The van der Waals surface area contributed by atoms with E-state index < -0.39 is 29.8 Å². The molecule has 0 radical (unpaired) electrons. The lowest BCUT2D eigenvalue weighted by Gasteiger charge is -2.36. The maximum atomic E-state index is 13.2. The summed E-state index contributed by atoms with van der Waals surface area (Å²) in [7, 11) is -2.56. The third kappa shape index (κ3) is 10.1. The molecule has 0 aliphatic rings. The van der Waals surface area contributed by atoms with Crippen LogP contribution in [-0.2, 0) is 34.3 Å². The second-order valence-electron chi connectivity index (χ2n) is 15.4. The van der Waals surface area contributed by atoms with Crippen molar-refractivity contribution >= 4 is 42.0 Å². The molecule has 6 aromatic carbocycles. The van der Waals surface area contributed by atoms with Gasteiger partial charge in [0.2, 0.25) is 0 Å². The predicted octanol–water partition coefficient (Wildman–Crippen LogP) is 11.4. The Balaban J connectivity index is 0.977. The van der Waals surface area contributed by atoms with Gasteiger partial charge in [0.1, 0.15) is 36.9 Å². The summed E-state index contributed by atoms with van der Waals surface area (Å²) in [5.41, 5.74) is 4.16. The van der Waals surface area contributed by atoms with E-state index in [0.717, 1.165) is 56.9 Å². The van der Waals surface area contributed by atoms with E-state index in [0.29, 0.717) is 11.6 Å². The molecular formula is C52H48N6O5PS2+. The molecule has 2 aromatic heterocycles. The fourth-order valence-electron chi connectivity index (χ4n) is 8.43. The fraction of sp³-hybridized carbons (Fsp3) is 0.192. The van der Waals surface area contributed by atoms with Gasteiger partial charge in [-0.15, -0.1) is 9.05 Å². The molecule has 0 amide bonds. The van der Waals surface area contributed by atoms with Crippen molar-refractivity contribution in [3.63, 3.8) is 0 Å². The van der Waals surface area contributed by atoms with Gasteiger partial charge in [-0.2, -0.15) is 10.2 Å². The van der Waals surface area contributed by atoms with Crippen LogP contribution in [0.25, 0.3) is 0 Å². The molecule has 8 aromatic rings. The molecule has 0 saturated carbocycles. The Morgan fingerprint density at radius 3 is 0.985 bits per heavy atom. The van der Waals surface area contributed by atoms with Crippen molar-refractivity contribution in [3.8, 4) is 0 Å². The number of hydrogen-bond donors (Lipinski definition) is 0. The Kier molecular flexibility index (Phi) is 15.2. The Morgan fingerprint density at radius 2 is 0.742 bits per heavy atom. The summed E-state index contributed by atoms with van der Waals surface area (Å²) in [5, 5.41) is 8.93. The van der Waals surface area contributed by atoms with Gasteiger partial charge in [-0.25, -0.2) is 19.3 Å². The largest absolute Gasteiger partial charge is 0.697 e. The molecular weight excluding hydrogens is 884 g/mol. The molecule has 0 aliphatic carbocycles. The minimum absolute atomic E-state index is 0.00795. The van der Waals surface area contributed by atoms with E-state index in [1.807, 2.05) is 119 Å². The number of hydrogen-bond acceptors (Lipinski definition) is 11. The molecule has 0 aliphatic heterocycles. The first-order chi connectivity index (χ1) is 32.3. The molecule has 2 atom stereocenters. The monoisotopic (exact) mass is 931 g/mol. The van der Waals surface area contributed by atoms with E-state index in [1.54, 1.807) is 12.7 Å². The maximum absolute atomic E-state index is 13.2. The number of aromatic nitrogens is 6. The van der Waals surface area contributed by atoms with Crippen molar-refractivity contribution in [2.75, 3.05) is 13.2 Å². The topological polar surface area (TPSA) is 131 Å². The SMILES string of the molecule is CC(=O)SC(CCO[P+](=O)OCCC(SC(C)=O)c1ncn(C(c2ccccc2)(c2ccccc2)c2ccccc2)n1)c1ncn(C(c2ccccc2)(c2ccccc2)c2ccccc2)n1. The van der Waals surface area contributed by atoms with Gasteiger partial charge in [0, 0.05) is 18.4 Å². The molecule has 0 saturated heterocycles. The second-order valence-corrected chi connectivity index (χ2v) is 19.1. The highest BCUT2D eigenvalue weighted by atomic mass is 32.2. The van der Waals surface area contributed by atoms with Gasteiger partial charge < -0.3 is 0 Å². The fourth-order valence-corrected chi connectivity index (χ4v) is 10.7. The summed E-state index contributed by atoms with van der Waals surface area (Å²) in [6, 6.07) is 60.9. The minimum Gasteiger partial charge on any atom is -0.288 e. The Hall–Kier alpha value is -6.34. The third-order valence-corrected chi connectivity index (χ3v) is 14.1. The summed E-state index contributed by atoms with van der Waals surface area (Å²) in [6.45, 7) is 3.02. The van der Waals surface area contributed by atoms with Gasteiger partial charge in [-0.1, -0.05) is 206 Å². The summed E-state index contributed by atoms with van der Waals surface area (Å²) < 4.78 is 28.4. The van der Waals surface area contributed by atoms with Crippen LogP contribution >= 0.6 is 31.8 Å². The molecule has 0 fully saturated rings. The lowest BCUT2D eigenvalue weighted by Crippen LogP contribution is -2.38. The first-order valence-electron chi connectivity index (χ1n) is 21.5. The number of benzene rings is 6. The third-order valence-electron chi connectivity index (χ3n) is 11.2. The lowest BCUT2D eigenvalue weighted by atomic mass is 9.77. The minimum atomic E-state index is -2.56. The Labute approximate surface area is 394 Å². The maximum Gasteiger partial charge on any atom is 0.697 e. The predicted molar refractivity (Wildman–Crippen MR) is 260 cm³/mol. The summed E-state index contributed by atoms with van der Waals surface area (Å²) in [5.74, 6) is 0.878. The van der Waals surface area contributed by atoms with Crippen molar-refractivity contribution < 1.29 is 23.2 Å². The van der Waals surface area contributed by atoms with Crippen molar-refractivity contribution in [1.82, 2.24) is 29.5 Å². The van der Waals surface area contributed by atoms with Crippen molar-refractivity contribution in [3.05, 3.63) is 240 Å². The lowest BCUT2D eigenvalue weighted by molar-refractivity contribution is -0.110. The number of carbonyl (C=O) groups excluding carboxylic acids is 2. The average molecular weight is 932 g/mol. The highest BCUT2D eigenvalue weighted by Crippen LogP contribution is 2.43. The van der Waals surface area contributed by atoms with Gasteiger partial charge in [0.15, 0.2) is 21.9 Å². The zero-order valence-corrected chi connectivity index (χ0v) is 39.0. The first kappa shape index (κ1) is 46.2. The van der Waals surface area contributed by atoms with E-state index in [9.17, 15) is 14.2 Å². The van der Waals surface area contributed by atoms with E-state index in [1.165, 1.54) is 13.8 Å². The van der Waals surface area contributed by atoms with Crippen LogP contribution < -0.4 is 0 Å². The Morgan fingerprint density at radius 1 is 0.485 bits per heavy atom. The molecule has 0 spiro atoms. The van der Waals surface area contributed by atoms with E-state index in [2.05, 4.69) is 72.8 Å². The van der Waals surface area contributed by atoms with Gasteiger partial charge in [0.05, 0.1) is 10.5 Å². The molecule has 2 unspecified atom stereocenters. The van der Waals surface area contributed by atoms with Crippen molar-refractivity contribution in [1.29, 1.82) is 0 Å². The van der Waals surface area contributed by atoms with Gasteiger partial charge in [-0.05, 0) is 46.2 Å².